The van der Waals surface area contributed by atoms with E-state index in [4.69, 9.17) is 23.2 Å². The fraction of sp³-hybridized carbons (Fsp3) is 0.179. The van der Waals surface area contributed by atoms with Crippen LogP contribution >= 0.6 is 46.3 Å². The molecule has 5 rings (SSSR count). The number of fused-ring (bicyclic) bond motifs is 2. The first kappa shape index (κ1) is 30.4. The fourth-order valence-electron chi connectivity index (χ4n) is 3.97. The van der Waals surface area contributed by atoms with Gasteiger partial charge >= 0.3 is 5.01 Å². The van der Waals surface area contributed by atoms with Crippen LogP contribution < -0.4 is 9.79 Å². The molecule has 0 bridgehead atoms. The Bertz CT molecular complexity index is 1730. The minimum Gasteiger partial charge on any atom is -0.744 e. The molecule has 1 aliphatic rings. The van der Waals surface area contributed by atoms with E-state index in [0.29, 0.717) is 25.8 Å². The molecule has 0 saturated carbocycles. The van der Waals surface area contributed by atoms with Crippen molar-refractivity contribution in [1.29, 1.82) is 0 Å². The van der Waals surface area contributed by atoms with Gasteiger partial charge in [0.15, 0.2) is 0 Å². The summed E-state index contributed by atoms with van der Waals surface area (Å²) in [6, 6.07) is 15.0. The van der Waals surface area contributed by atoms with Crippen molar-refractivity contribution in [3.05, 3.63) is 97.5 Å². The van der Waals surface area contributed by atoms with Crippen molar-refractivity contribution in [1.82, 2.24) is 0 Å². The molecule has 7 nitrogen and oxygen atoms in total. The maximum absolute atomic E-state index is 10.8. The number of anilines is 1. The lowest BCUT2D eigenvalue weighted by molar-refractivity contribution is -0.882. The Labute approximate surface area is 251 Å². The van der Waals surface area contributed by atoms with Crippen LogP contribution in [0.4, 0.5) is 5.69 Å². The van der Waals surface area contributed by atoms with Gasteiger partial charge in [0, 0.05) is 26.3 Å². The number of nitrogens with zero attached hydrogens (tertiary/aromatic N) is 2. The molecule has 1 aromatic heterocycles. The van der Waals surface area contributed by atoms with E-state index < -0.39 is 10.1 Å². The Morgan fingerprint density at radius 2 is 1.80 bits per heavy atom. The van der Waals surface area contributed by atoms with Crippen LogP contribution in [-0.4, -0.2) is 23.4 Å². The number of allylic oxidation sites excluding steroid dienone is 2. The highest BCUT2D eigenvalue weighted by Gasteiger charge is 2.26. The number of aromatic nitrogens is 1. The van der Waals surface area contributed by atoms with Gasteiger partial charge in [-0.2, -0.15) is 0 Å². The standard InChI is InChI=1S/C21H19Cl2N2O2S2.C7H8O3S/c1-3-12(9-19-24(26)16-11-13(22)5-7-17(16)28-19)10-20-25(27)21-14(4-2)15(23)6-8-18(21)29-20;1-6-2-4-7(5-3-6)11(8,9)10/h5-11,26-27H,3-4H2,1-2H3;2-5H,1H3,(H,8,9,10)/q+1;/p-1. The van der Waals surface area contributed by atoms with Crippen molar-refractivity contribution >= 4 is 78.4 Å². The predicted octanol–water partition coefficient (Wildman–Crippen LogP) is 7.83. The second-order valence-electron chi connectivity index (χ2n) is 8.83. The summed E-state index contributed by atoms with van der Waals surface area (Å²) in [5.74, 6) is 0. The molecule has 0 amide bonds. The van der Waals surface area contributed by atoms with Gasteiger partial charge in [0.1, 0.15) is 19.8 Å². The number of halogens is 2. The molecule has 0 fully saturated rings. The Balaban J connectivity index is 0.000000283. The summed E-state index contributed by atoms with van der Waals surface area (Å²) in [4.78, 5) is 0.767. The normalized spacial score (nSPS) is 14.4. The number of benzene rings is 3. The van der Waals surface area contributed by atoms with Gasteiger partial charge < -0.3 is 4.55 Å². The largest absolute Gasteiger partial charge is 0.744 e. The molecule has 0 unspecified atom stereocenters. The summed E-state index contributed by atoms with van der Waals surface area (Å²) >= 11 is 15.3. The third kappa shape index (κ3) is 6.66. The molecular formula is C28H26Cl2N2O5S3. The lowest BCUT2D eigenvalue weighted by atomic mass is 10.1. The summed E-state index contributed by atoms with van der Waals surface area (Å²) in [6.45, 7) is 5.88. The van der Waals surface area contributed by atoms with Crippen LogP contribution in [0.1, 0.15) is 36.4 Å². The van der Waals surface area contributed by atoms with Gasteiger partial charge in [-0.05, 0) is 73.9 Å². The summed E-state index contributed by atoms with van der Waals surface area (Å²) in [7, 11) is -4.27. The average Bonchev–Trinajstić information content (AvgIpc) is 3.39. The maximum Gasteiger partial charge on any atom is 0.313 e. The smallest absolute Gasteiger partial charge is 0.313 e. The monoisotopic (exact) mass is 636 g/mol. The Kier molecular flexibility index (Phi) is 9.51. The predicted molar refractivity (Wildman–Crippen MR) is 161 cm³/mol. The highest BCUT2D eigenvalue weighted by Crippen LogP contribution is 2.46. The van der Waals surface area contributed by atoms with E-state index in [-0.39, 0.29) is 4.90 Å². The maximum atomic E-state index is 10.8. The molecule has 4 aromatic rings. The number of aryl methyl sites for hydroxylation is 2. The molecular weight excluding hydrogens is 611 g/mol. The zero-order chi connectivity index (χ0) is 29.2. The number of hydrogen-bond donors (Lipinski definition) is 2. The van der Waals surface area contributed by atoms with Gasteiger partial charge in [0.25, 0.3) is 5.52 Å². The molecule has 0 spiro atoms. The van der Waals surface area contributed by atoms with Crippen molar-refractivity contribution in [2.24, 2.45) is 0 Å². The van der Waals surface area contributed by atoms with Gasteiger partial charge in [-0.3, -0.25) is 10.4 Å². The van der Waals surface area contributed by atoms with Crippen LogP contribution in [0.15, 0.2) is 81.1 Å². The second kappa shape index (κ2) is 12.5. The van der Waals surface area contributed by atoms with Gasteiger partial charge in [-0.25, -0.2) is 13.5 Å². The summed E-state index contributed by atoms with van der Waals surface area (Å²) in [6.07, 6.45) is 5.34. The molecule has 0 atom stereocenters. The van der Waals surface area contributed by atoms with E-state index in [2.05, 4.69) is 0 Å². The van der Waals surface area contributed by atoms with Crippen LogP contribution in [0.2, 0.25) is 10.0 Å². The van der Waals surface area contributed by atoms with Crippen molar-refractivity contribution < 1.29 is 28.1 Å². The van der Waals surface area contributed by atoms with Gasteiger partial charge in [0.05, 0.1) is 15.6 Å². The summed E-state index contributed by atoms with van der Waals surface area (Å²) in [5, 5.41) is 25.1. The van der Waals surface area contributed by atoms with Crippen LogP contribution in [0.3, 0.4) is 0 Å². The SMILES string of the molecule is CCC(=Cc1sc2ccc(Cl)c(CC)c2[n+]1O)C=C1Sc2ccc(Cl)cc2N1O.Cc1ccc(S(=O)(=O)[O-])cc1. The number of rotatable bonds is 5. The van der Waals surface area contributed by atoms with E-state index >= 15 is 0 Å². The van der Waals surface area contributed by atoms with E-state index in [1.807, 2.05) is 57.2 Å². The quantitative estimate of drug-likeness (QED) is 0.131. The molecule has 0 radical (unpaired) electrons. The van der Waals surface area contributed by atoms with E-state index in [1.54, 1.807) is 18.2 Å². The molecule has 1 aliphatic heterocycles. The van der Waals surface area contributed by atoms with Crippen LogP contribution in [0.5, 0.6) is 0 Å². The third-order valence-corrected chi connectivity index (χ3v) is 9.64. The van der Waals surface area contributed by atoms with Crippen molar-refractivity contribution in [2.75, 3.05) is 5.06 Å². The zero-order valence-electron chi connectivity index (χ0n) is 21.8. The van der Waals surface area contributed by atoms with Crippen LogP contribution in [-0.2, 0) is 16.5 Å². The molecule has 40 heavy (non-hydrogen) atoms. The van der Waals surface area contributed by atoms with Crippen LogP contribution in [0.25, 0.3) is 16.3 Å². The number of hydroxylamine groups is 1. The highest BCUT2D eigenvalue weighted by atomic mass is 35.5. The van der Waals surface area contributed by atoms with E-state index in [9.17, 15) is 23.4 Å². The minimum atomic E-state index is -4.27. The van der Waals surface area contributed by atoms with Gasteiger partial charge in [0.2, 0.25) is 0 Å². The Morgan fingerprint density at radius 3 is 2.42 bits per heavy atom. The van der Waals surface area contributed by atoms with Gasteiger partial charge in [-0.1, -0.05) is 77.8 Å². The third-order valence-electron chi connectivity index (χ3n) is 6.09. The lowest BCUT2D eigenvalue weighted by Gasteiger charge is -2.11. The average molecular weight is 638 g/mol. The molecule has 12 heteroatoms. The van der Waals surface area contributed by atoms with Crippen molar-refractivity contribution in [2.45, 2.75) is 43.4 Å². The number of thiazole rings is 1. The summed E-state index contributed by atoms with van der Waals surface area (Å²) in [5.41, 5.74) is 4.26. The summed E-state index contributed by atoms with van der Waals surface area (Å²) < 4.78 is 33.4. The van der Waals surface area contributed by atoms with Crippen molar-refractivity contribution in [3.8, 4) is 0 Å². The second-order valence-corrected chi connectivity index (χ2v) is 13.2. The number of thioether (sulfide) groups is 1. The minimum absolute atomic E-state index is 0.178. The lowest BCUT2D eigenvalue weighted by Crippen LogP contribution is -2.32. The van der Waals surface area contributed by atoms with E-state index in [1.165, 1.54) is 40.0 Å². The molecule has 2 N–H and O–H groups in total. The first-order chi connectivity index (χ1) is 18.9. The number of hydrogen-bond acceptors (Lipinski definition) is 8. The fourth-order valence-corrected chi connectivity index (χ4v) is 6.96. The topological polar surface area (TPSA) is 105 Å². The molecule has 3 aromatic carbocycles. The Morgan fingerprint density at radius 1 is 1.10 bits per heavy atom. The molecule has 210 valence electrons. The highest BCUT2D eigenvalue weighted by molar-refractivity contribution is 8.03. The Hall–Kier alpha value is -2.57. The zero-order valence-corrected chi connectivity index (χ0v) is 25.7. The van der Waals surface area contributed by atoms with E-state index in [0.717, 1.165) is 49.7 Å². The van der Waals surface area contributed by atoms with Crippen LogP contribution in [0, 0.1) is 6.92 Å². The van der Waals surface area contributed by atoms with Gasteiger partial charge in [-0.15, -0.1) is 0 Å². The molecule has 0 aliphatic carbocycles. The molecule has 0 saturated heterocycles. The van der Waals surface area contributed by atoms with Crippen molar-refractivity contribution in [3.63, 3.8) is 0 Å². The first-order valence-corrected chi connectivity index (χ1v) is 16.0. The molecule has 2 heterocycles. The first-order valence-electron chi connectivity index (χ1n) is 12.2.